The van der Waals surface area contributed by atoms with Gasteiger partial charge < -0.3 is 10.8 Å². The number of nitrogens with one attached hydrogen (secondary N) is 1. The van der Waals surface area contributed by atoms with Crippen molar-refractivity contribution < 1.29 is 15.1 Å². The highest BCUT2D eigenvalue weighted by molar-refractivity contribution is 5.82. The van der Waals surface area contributed by atoms with Crippen LogP contribution in [-0.4, -0.2) is 28.3 Å². The minimum Gasteiger partial charge on any atom is -0.480 e. The van der Waals surface area contributed by atoms with Crippen LogP contribution in [0.2, 0.25) is 0 Å². The minimum absolute atomic E-state index is 0.221. The molecule has 1 rings (SSSR count). The van der Waals surface area contributed by atoms with Crippen LogP contribution in [0.25, 0.3) is 0 Å². The number of aliphatic imine (C=N–C) groups is 1. The van der Waals surface area contributed by atoms with E-state index >= 15 is 0 Å². The van der Waals surface area contributed by atoms with Gasteiger partial charge in [0.05, 0.1) is 0 Å². The predicted molar refractivity (Wildman–Crippen MR) is 58.1 cm³/mol. The number of hydroxylamine groups is 1. The van der Waals surface area contributed by atoms with Crippen LogP contribution in [0.5, 0.6) is 0 Å². The fourth-order valence-corrected chi connectivity index (χ4v) is 1.22. The van der Waals surface area contributed by atoms with Gasteiger partial charge in [0.25, 0.3) is 0 Å². The molecule has 5 N–H and O–H groups in total. The van der Waals surface area contributed by atoms with Crippen LogP contribution in [0.15, 0.2) is 35.3 Å². The van der Waals surface area contributed by atoms with Crippen molar-refractivity contribution in [3.05, 3.63) is 35.9 Å². The van der Waals surface area contributed by atoms with E-state index < -0.39 is 12.0 Å². The zero-order valence-corrected chi connectivity index (χ0v) is 8.50. The topological polar surface area (TPSA) is 108 Å². The number of nitrogens with two attached hydrogens (primary N) is 1. The summed E-state index contributed by atoms with van der Waals surface area (Å²) in [5.41, 5.74) is 7.63. The fraction of sp³-hybridized carbons (Fsp3) is 0.200. The Morgan fingerprint density at radius 1 is 1.44 bits per heavy atom. The van der Waals surface area contributed by atoms with E-state index in [9.17, 15) is 4.79 Å². The number of guanidine groups is 1. The molecule has 0 unspecified atom stereocenters. The lowest BCUT2D eigenvalue weighted by atomic mass is 10.1. The van der Waals surface area contributed by atoms with Crippen LogP contribution < -0.4 is 11.2 Å². The molecule has 1 atom stereocenters. The van der Waals surface area contributed by atoms with Crippen molar-refractivity contribution in [2.24, 2.45) is 10.7 Å². The van der Waals surface area contributed by atoms with Crippen LogP contribution in [0.4, 0.5) is 0 Å². The second-order valence-electron chi connectivity index (χ2n) is 3.17. The van der Waals surface area contributed by atoms with E-state index in [1.807, 2.05) is 18.2 Å². The van der Waals surface area contributed by atoms with Gasteiger partial charge >= 0.3 is 5.97 Å². The second kappa shape index (κ2) is 5.72. The van der Waals surface area contributed by atoms with Gasteiger partial charge in [-0.15, -0.1) is 0 Å². The molecule has 0 aliphatic carbocycles. The van der Waals surface area contributed by atoms with Crippen molar-refractivity contribution in [3.63, 3.8) is 0 Å². The van der Waals surface area contributed by atoms with E-state index in [4.69, 9.17) is 16.0 Å². The summed E-state index contributed by atoms with van der Waals surface area (Å²) in [5, 5.41) is 17.3. The minimum atomic E-state index is -1.10. The lowest BCUT2D eigenvalue weighted by molar-refractivity contribution is -0.138. The maximum Gasteiger partial charge on any atom is 0.328 e. The van der Waals surface area contributed by atoms with Gasteiger partial charge in [-0.05, 0) is 5.56 Å². The van der Waals surface area contributed by atoms with E-state index in [1.54, 1.807) is 17.6 Å². The number of aliphatic carboxylic acids is 1. The molecule has 1 aromatic carbocycles. The first kappa shape index (κ1) is 12.0. The highest BCUT2D eigenvalue weighted by atomic mass is 16.5. The number of carboxylic acids is 1. The molecule has 0 heterocycles. The number of hydrogen-bond acceptors (Lipinski definition) is 3. The molecule has 0 fully saturated rings. The number of benzene rings is 1. The third-order valence-electron chi connectivity index (χ3n) is 1.97. The highest BCUT2D eigenvalue weighted by Gasteiger charge is 2.17. The molecule has 6 heteroatoms. The standard InChI is InChI=1S/C10H13N3O3/c11-10(13-16)12-8(9(14)15)6-7-4-2-1-3-5-7/h1-5,8,16H,6H2,(H,14,15)(H3,11,12,13)/t8-/m0/s1. The molecule has 6 nitrogen and oxygen atoms in total. The average Bonchev–Trinajstić information content (AvgIpc) is 2.29. The molecule has 16 heavy (non-hydrogen) atoms. The predicted octanol–water partition coefficient (Wildman–Crippen LogP) is -0.0242. The van der Waals surface area contributed by atoms with Gasteiger partial charge in [0, 0.05) is 6.42 Å². The molecule has 0 saturated heterocycles. The van der Waals surface area contributed by atoms with Crippen molar-refractivity contribution in [3.8, 4) is 0 Å². The normalized spacial score (nSPS) is 13.2. The van der Waals surface area contributed by atoms with E-state index in [2.05, 4.69) is 4.99 Å². The Balaban J connectivity index is 2.77. The molecule has 0 spiro atoms. The van der Waals surface area contributed by atoms with E-state index in [0.717, 1.165) is 5.56 Å². The zero-order valence-electron chi connectivity index (χ0n) is 8.50. The SMILES string of the molecule is NC(=N[C@@H](Cc1ccccc1)C(=O)O)NO. The Kier molecular flexibility index (Phi) is 4.28. The maximum atomic E-state index is 10.9. The smallest absolute Gasteiger partial charge is 0.328 e. The summed E-state index contributed by atoms with van der Waals surface area (Å²) >= 11 is 0. The summed E-state index contributed by atoms with van der Waals surface area (Å²) in [6.07, 6.45) is 0.221. The molecule has 86 valence electrons. The molecular weight excluding hydrogens is 210 g/mol. The van der Waals surface area contributed by atoms with Gasteiger partial charge in [0.2, 0.25) is 5.96 Å². The number of carboxylic acid groups (broad SMARTS) is 1. The Bertz CT molecular complexity index is 378. The van der Waals surface area contributed by atoms with E-state index in [-0.39, 0.29) is 12.4 Å². The fourth-order valence-electron chi connectivity index (χ4n) is 1.22. The quantitative estimate of drug-likeness (QED) is 0.326. The van der Waals surface area contributed by atoms with Gasteiger partial charge in [-0.25, -0.2) is 15.3 Å². The van der Waals surface area contributed by atoms with Crippen LogP contribution in [0.3, 0.4) is 0 Å². The Morgan fingerprint density at radius 2 is 2.06 bits per heavy atom. The van der Waals surface area contributed by atoms with Crippen LogP contribution in [-0.2, 0) is 11.2 Å². The Hall–Kier alpha value is -2.08. The average molecular weight is 223 g/mol. The molecule has 0 bridgehead atoms. The Morgan fingerprint density at radius 3 is 2.56 bits per heavy atom. The largest absolute Gasteiger partial charge is 0.480 e. The molecular formula is C10H13N3O3. The number of carbonyl (C=O) groups is 1. The van der Waals surface area contributed by atoms with Crippen molar-refractivity contribution >= 4 is 11.9 Å². The van der Waals surface area contributed by atoms with Crippen molar-refractivity contribution in [2.75, 3.05) is 0 Å². The van der Waals surface area contributed by atoms with E-state index in [1.165, 1.54) is 0 Å². The highest BCUT2D eigenvalue weighted by Crippen LogP contribution is 2.06. The van der Waals surface area contributed by atoms with Crippen molar-refractivity contribution in [2.45, 2.75) is 12.5 Å². The lowest BCUT2D eigenvalue weighted by Gasteiger charge is -2.08. The monoisotopic (exact) mass is 223 g/mol. The molecule has 0 saturated carbocycles. The van der Waals surface area contributed by atoms with Crippen molar-refractivity contribution in [1.82, 2.24) is 5.48 Å². The lowest BCUT2D eigenvalue weighted by Crippen LogP contribution is -2.33. The van der Waals surface area contributed by atoms with Crippen LogP contribution >= 0.6 is 0 Å². The van der Waals surface area contributed by atoms with Gasteiger partial charge in [-0.1, -0.05) is 30.3 Å². The summed E-state index contributed by atoms with van der Waals surface area (Å²) < 4.78 is 0. The Labute approximate surface area is 92.4 Å². The second-order valence-corrected chi connectivity index (χ2v) is 3.17. The van der Waals surface area contributed by atoms with Crippen LogP contribution in [0.1, 0.15) is 5.56 Å². The summed E-state index contributed by atoms with van der Waals surface area (Å²) in [6.45, 7) is 0. The molecule has 1 aromatic rings. The summed E-state index contributed by atoms with van der Waals surface area (Å²) in [4.78, 5) is 14.5. The molecule has 0 aliphatic heterocycles. The molecule has 0 amide bonds. The molecule has 0 aromatic heterocycles. The molecule has 0 aliphatic rings. The molecule has 0 radical (unpaired) electrons. The third-order valence-corrected chi connectivity index (χ3v) is 1.97. The first-order chi connectivity index (χ1) is 7.63. The van der Waals surface area contributed by atoms with Crippen molar-refractivity contribution in [1.29, 1.82) is 0 Å². The zero-order chi connectivity index (χ0) is 12.0. The first-order valence-corrected chi connectivity index (χ1v) is 4.63. The van der Waals surface area contributed by atoms with E-state index in [0.29, 0.717) is 0 Å². The summed E-state index contributed by atoms with van der Waals surface area (Å²) in [7, 11) is 0. The summed E-state index contributed by atoms with van der Waals surface area (Å²) in [5.74, 6) is -1.41. The number of rotatable bonds is 4. The third kappa shape index (κ3) is 3.58. The summed E-state index contributed by atoms with van der Waals surface area (Å²) in [6, 6.07) is 8.05. The van der Waals surface area contributed by atoms with Gasteiger partial charge in [0.1, 0.15) is 0 Å². The number of hydrogen-bond donors (Lipinski definition) is 4. The first-order valence-electron chi connectivity index (χ1n) is 4.63. The van der Waals surface area contributed by atoms with Gasteiger partial charge in [0.15, 0.2) is 6.04 Å². The maximum absolute atomic E-state index is 10.9. The van der Waals surface area contributed by atoms with Gasteiger partial charge in [-0.3, -0.25) is 5.21 Å². The van der Waals surface area contributed by atoms with Crippen LogP contribution in [0, 0.1) is 0 Å². The van der Waals surface area contributed by atoms with Gasteiger partial charge in [-0.2, -0.15) is 0 Å². The number of nitrogens with zero attached hydrogens (tertiary/aromatic N) is 1.